The fourth-order valence-electron chi connectivity index (χ4n) is 1.88. The van der Waals surface area contributed by atoms with Gasteiger partial charge in [-0.2, -0.15) is 0 Å². The smallest absolute Gasteiger partial charge is 0.305 e. The topological polar surface area (TPSA) is 61.5 Å². The van der Waals surface area contributed by atoms with Crippen LogP contribution in [0.4, 0.5) is 4.39 Å². The van der Waals surface area contributed by atoms with Crippen molar-refractivity contribution in [2.24, 2.45) is 5.73 Å². The van der Waals surface area contributed by atoms with Gasteiger partial charge in [0.05, 0.1) is 13.2 Å². The van der Waals surface area contributed by atoms with Crippen LogP contribution in [0.1, 0.15) is 51.1 Å². The van der Waals surface area contributed by atoms with Crippen molar-refractivity contribution in [1.29, 1.82) is 0 Å². The van der Waals surface area contributed by atoms with Crippen LogP contribution >= 0.6 is 0 Å². The number of unbranched alkanes of at least 4 members (excludes halogenated alkanes) is 2. The minimum absolute atomic E-state index is 0.170. The fourth-order valence-corrected chi connectivity index (χ4v) is 1.88. The molecule has 1 aromatic rings. The van der Waals surface area contributed by atoms with Crippen LogP contribution in [-0.2, 0) is 9.53 Å². The Labute approximate surface area is 125 Å². The van der Waals surface area contributed by atoms with Gasteiger partial charge in [0.2, 0.25) is 0 Å². The number of halogens is 1. The summed E-state index contributed by atoms with van der Waals surface area (Å²) >= 11 is 0. The van der Waals surface area contributed by atoms with Gasteiger partial charge in [0, 0.05) is 12.5 Å². The Morgan fingerprint density at radius 2 is 2.10 bits per heavy atom. The maximum atomic E-state index is 13.7. The molecule has 0 saturated heterocycles. The van der Waals surface area contributed by atoms with Crippen LogP contribution in [0, 0.1) is 5.82 Å². The second kappa shape index (κ2) is 9.34. The van der Waals surface area contributed by atoms with E-state index in [-0.39, 0.29) is 17.8 Å². The first-order valence-electron chi connectivity index (χ1n) is 7.38. The molecule has 5 heteroatoms. The molecule has 1 aromatic carbocycles. The Bertz CT molecular complexity index is 449. The lowest BCUT2D eigenvalue weighted by molar-refractivity contribution is -0.143. The molecule has 21 heavy (non-hydrogen) atoms. The summed E-state index contributed by atoms with van der Waals surface area (Å²) in [6, 6.07) is 4.58. The van der Waals surface area contributed by atoms with Crippen molar-refractivity contribution in [2.75, 3.05) is 13.2 Å². The number of ether oxygens (including phenoxy) is 2. The third-order valence-corrected chi connectivity index (χ3v) is 3.07. The summed E-state index contributed by atoms with van der Waals surface area (Å²) in [5.41, 5.74) is 6.43. The van der Waals surface area contributed by atoms with Gasteiger partial charge in [0.25, 0.3) is 0 Å². The lowest BCUT2D eigenvalue weighted by atomic mass is 10.1. The van der Waals surface area contributed by atoms with Gasteiger partial charge in [-0.1, -0.05) is 6.07 Å². The van der Waals surface area contributed by atoms with Crippen LogP contribution in [0.25, 0.3) is 0 Å². The fraction of sp³-hybridized carbons (Fsp3) is 0.562. The molecule has 2 N–H and O–H groups in total. The molecular formula is C16H24FNO3. The molecule has 4 nitrogen and oxygen atoms in total. The Balaban J connectivity index is 2.22. The van der Waals surface area contributed by atoms with Gasteiger partial charge in [0.1, 0.15) is 0 Å². The number of carbonyl (C=O) groups excluding carboxylic acids is 1. The Hall–Kier alpha value is -1.62. The summed E-state index contributed by atoms with van der Waals surface area (Å²) in [7, 11) is 0. The molecule has 0 radical (unpaired) electrons. The number of rotatable bonds is 9. The van der Waals surface area contributed by atoms with E-state index in [2.05, 4.69) is 0 Å². The number of hydrogen-bond acceptors (Lipinski definition) is 4. The van der Waals surface area contributed by atoms with Crippen molar-refractivity contribution < 1.29 is 18.7 Å². The van der Waals surface area contributed by atoms with Gasteiger partial charge >= 0.3 is 5.97 Å². The SMILES string of the molecule is CCOC(=O)CCCCCOc1ccc([C@@H](C)N)cc1F. The number of carbonyl (C=O) groups is 1. The van der Waals surface area contributed by atoms with E-state index < -0.39 is 5.82 Å². The highest BCUT2D eigenvalue weighted by Crippen LogP contribution is 2.21. The van der Waals surface area contributed by atoms with Gasteiger partial charge in [-0.05, 0) is 50.8 Å². The van der Waals surface area contributed by atoms with Gasteiger partial charge in [0.15, 0.2) is 11.6 Å². The van der Waals surface area contributed by atoms with E-state index in [1.54, 1.807) is 26.0 Å². The van der Waals surface area contributed by atoms with Crippen LogP contribution in [0.3, 0.4) is 0 Å². The normalized spacial score (nSPS) is 12.0. The molecule has 1 rings (SSSR count). The van der Waals surface area contributed by atoms with Crippen LogP contribution in [-0.4, -0.2) is 19.2 Å². The van der Waals surface area contributed by atoms with E-state index in [1.165, 1.54) is 6.07 Å². The second-order valence-corrected chi connectivity index (χ2v) is 4.94. The van der Waals surface area contributed by atoms with Gasteiger partial charge < -0.3 is 15.2 Å². The van der Waals surface area contributed by atoms with Gasteiger partial charge in [-0.15, -0.1) is 0 Å². The Morgan fingerprint density at radius 1 is 1.33 bits per heavy atom. The third-order valence-electron chi connectivity index (χ3n) is 3.07. The third kappa shape index (κ3) is 6.58. The monoisotopic (exact) mass is 297 g/mol. The van der Waals surface area contributed by atoms with Crippen LogP contribution in [0.5, 0.6) is 5.75 Å². The summed E-state index contributed by atoms with van der Waals surface area (Å²) in [6.45, 7) is 4.44. The van der Waals surface area contributed by atoms with Crippen LogP contribution in [0.2, 0.25) is 0 Å². The molecule has 0 aliphatic rings. The van der Waals surface area contributed by atoms with E-state index in [9.17, 15) is 9.18 Å². The summed E-state index contributed by atoms with van der Waals surface area (Å²) in [5.74, 6) is -0.322. The molecule has 0 aliphatic heterocycles. The highest BCUT2D eigenvalue weighted by molar-refractivity contribution is 5.69. The minimum Gasteiger partial charge on any atom is -0.491 e. The average molecular weight is 297 g/mol. The Kier molecular flexibility index (Phi) is 7.75. The lowest BCUT2D eigenvalue weighted by Crippen LogP contribution is -2.06. The zero-order valence-corrected chi connectivity index (χ0v) is 12.7. The number of esters is 1. The van der Waals surface area contributed by atoms with Crippen molar-refractivity contribution >= 4 is 5.97 Å². The molecule has 118 valence electrons. The summed E-state index contributed by atoms with van der Waals surface area (Å²) in [5, 5.41) is 0. The van der Waals surface area contributed by atoms with Crippen molar-refractivity contribution in [3.8, 4) is 5.75 Å². The molecule has 0 fully saturated rings. The van der Waals surface area contributed by atoms with E-state index in [4.69, 9.17) is 15.2 Å². The second-order valence-electron chi connectivity index (χ2n) is 4.94. The molecule has 0 heterocycles. The molecular weight excluding hydrogens is 273 g/mol. The van der Waals surface area contributed by atoms with E-state index >= 15 is 0 Å². The molecule has 0 amide bonds. The molecule has 0 bridgehead atoms. The van der Waals surface area contributed by atoms with Crippen LogP contribution < -0.4 is 10.5 Å². The van der Waals surface area contributed by atoms with Gasteiger partial charge in [-0.3, -0.25) is 4.79 Å². The first-order chi connectivity index (χ1) is 10.0. The van der Waals surface area contributed by atoms with Crippen molar-refractivity contribution in [3.63, 3.8) is 0 Å². The first-order valence-corrected chi connectivity index (χ1v) is 7.38. The molecule has 0 saturated carbocycles. The molecule has 0 aliphatic carbocycles. The summed E-state index contributed by atoms with van der Waals surface area (Å²) in [6.07, 6.45) is 2.80. The number of benzene rings is 1. The van der Waals surface area contributed by atoms with Gasteiger partial charge in [-0.25, -0.2) is 4.39 Å². The number of hydrogen-bond donors (Lipinski definition) is 1. The maximum Gasteiger partial charge on any atom is 0.305 e. The quantitative estimate of drug-likeness (QED) is 0.561. The number of nitrogens with two attached hydrogens (primary N) is 1. The highest BCUT2D eigenvalue weighted by atomic mass is 19.1. The summed E-state index contributed by atoms with van der Waals surface area (Å²) in [4.78, 5) is 11.1. The van der Waals surface area contributed by atoms with Crippen molar-refractivity contribution in [3.05, 3.63) is 29.6 Å². The zero-order chi connectivity index (χ0) is 15.7. The molecule has 0 spiro atoms. The maximum absolute atomic E-state index is 13.7. The largest absolute Gasteiger partial charge is 0.491 e. The first kappa shape index (κ1) is 17.4. The molecule has 0 aromatic heterocycles. The predicted octanol–water partition coefficient (Wildman–Crippen LogP) is 3.35. The summed E-state index contributed by atoms with van der Waals surface area (Å²) < 4.78 is 24.0. The molecule has 0 unspecified atom stereocenters. The van der Waals surface area contributed by atoms with Crippen molar-refractivity contribution in [1.82, 2.24) is 0 Å². The zero-order valence-electron chi connectivity index (χ0n) is 12.7. The van der Waals surface area contributed by atoms with Crippen LogP contribution in [0.15, 0.2) is 18.2 Å². The molecule has 1 atom stereocenters. The van der Waals surface area contributed by atoms with Crippen molar-refractivity contribution in [2.45, 2.75) is 45.6 Å². The highest BCUT2D eigenvalue weighted by Gasteiger charge is 2.07. The van der Waals surface area contributed by atoms with E-state index in [0.29, 0.717) is 19.6 Å². The van der Waals surface area contributed by atoms with E-state index in [0.717, 1.165) is 24.8 Å². The lowest BCUT2D eigenvalue weighted by Gasteiger charge is -2.10. The Morgan fingerprint density at radius 3 is 2.71 bits per heavy atom. The average Bonchev–Trinajstić information content (AvgIpc) is 2.44. The van der Waals surface area contributed by atoms with E-state index in [1.807, 2.05) is 0 Å². The predicted molar refractivity (Wildman–Crippen MR) is 79.6 cm³/mol. The minimum atomic E-state index is -0.392. The standard InChI is InChI=1S/C16H24FNO3/c1-3-20-16(19)7-5-4-6-10-21-15-9-8-13(12(2)18)11-14(15)17/h8-9,11-12H,3-7,10,18H2,1-2H3/t12-/m1/s1.